The van der Waals surface area contributed by atoms with Crippen LogP contribution in [0.2, 0.25) is 0 Å². The number of rotatable bonds is 16. The third-order valence-electron chi connectivity index (χ3n) is 7.31. The molecule has 0 fully saturated rings. The van der Waals surface area contributed by atoms with E-state index in [1.54, 1.807) is 24.3 Å². The maximum absolute atomic E-state index is 12.7. The van der Waals surface area contributed by atoms with Crippen LogP contribution in [0, 0.1) is 0 Å². The summed E-state index contributed by atoms with van der Waals surface area (Å²) in [7, 11) is 0. The first-order chi connectivity index (χ1) is 21.4. The van der Waals surface area contributed by atoms with Gasteiger partial charge in [-0.3, -0.25) is 4.79 Å². The molecule has 4 N–H and O–H groups in total. The summed E-state index contributed by atoms with van der Waals surface area (Å²) in [6, 6.07) is 28.9. The molecule has 0 atom stereocenters. The second kappa shape index (κ2) is 16.7. The summed E-state index contributed by atoms with van der Waals surface area (Å²) in [6.45, 7) is 3.19. The number of carbonyl (C=O) groups excluding carboxylic acids is 2. The Hall–Kier alpha value is -4.84. The molecule has 4 rings (SSSR count). The highest BCUT2D eigenvalue weighted by Gasteiger charge is 2.09. The number of hydrogen-bond donors (Lipinski definition) is 2. The number of nitrogens with two attached hydrogens (primary N) is 2. The lowest BCUT2D eigenvalue weighted by Crippen LogP contribution is -2.08. The molecule has 44 heavy (non-hydrogen) atoms. The fraction of sp³-hybridized carbons (Fsp3) is 0.263. The molecule has 0 spiro atoms. The Morgan fingerprint density at radius 1 is 0.682 bits per heavy atom. The minimum Gasteiger partial charge on any atom is -0.494 e. The summed E-state index contributed by atoms with van der Waals surface area (Å²) in [5.41, 5.74) is 17.9. The number of nitrogen functional groups attached to an aromatic ring is 2. The summed E-state index contributed by atoms with van der Waals surface area (Å²) in [5.74, 6) is 0.376. The van der Waals surface area contributed by atoms with Crippen LogP contribution in [0.25, 0.3) is 17.2 Å². The molecule has 6 nitrogen and oxygen atoms in total. The molecule has 6 heteroatoms. The first kappa shape index (κ1) is 32.1. The molecule has 4 aromatic rings. The quantitative estimate of drug-likeness (QED) is 0.0445. The topological polar surface area (TPSA) is 105 Å². The summed E-state index contributed by atoms with van der Waals surface area (Å²) >= 11 is 0. The van der Waals surface area contributed by atoms with Crippen molar-refractivity contribution in [3.63, 3.8) is 0 Å². The van der Waals surface area contributed by atoms with E-state index < -0.39 is 5.97 Å². The van der Waals surface area contributed by atoms with E-state index in [0.717, 1.165) is 67.4 Å². The zero-order chi connectivity index (χ0) is 31.1. The predicted octanol–water partition coefficient (Wildman–Crippen LogP) is 8.55. The van der Waals surface area contributed by atoms with Gasteiger partial charge in [0.15, 0.2) is 5.78 Å². The van der Waals surface area contributed by atoms with Crippen molar-refractivity contribution < 1.29 is 19.1 Å². The fourth-order valence-corrected chi connectivity index (χ4v) is 4.89. The highest BCUT2D eigenvalue weighted by Crippen LogP contribution is 2.22. The lowest BCUT2D eigenvalue weighted by molar-refractivity contribution is 0.0497. The summed E-state index contributed by atoms with van der Waals surface area (Å²) in [4.78, 5) is 24.8. The average molecular weight is 591 g/mol. The van der Waals surface area contributed by atoms with Gasteiger partial charge in [-0.15, -0.1) is 0 Å². The van der Waals surface area contributed by atoms with Gasteiger partial charge >= 0.3 is 5.97 Å². The number of hydrogen-bond acceptors (Lipinski definition) is 6. The average Bonchev–Trinajstić information content (AvgIpc) is 3.03. The van der Waals surface area contributed by atoms with Crippen LogP contribution in [0.3, 0.4) is 0 Å². The Kier molecular flexibility index (Phi) is 12.2. The van der Waals surface area contributed by atoms with Gasteiger partial charge in [-0.2, -0.15) is 0 Å². The number of esters is 1. The maximum atomic E-state index is 12.7. The van der Waals surface area contributed by atoms with Crippen LogP contribution in [0.15, 0.2) is 97.1 Å². The Morgan fingerprint density at radius 2 is 1.27 bits per heavy atom. The van der Waals surface area contributed by atoms with Crippen molar-refractivity contribution >= 4 is 29.2 Å². The molecule has 0 heterocycles. The van der Waals surface area contributed by atoms with E-state index in [1.165, 1.54) is 5.56 Å². The number of allylic oxidation sites excluding steroid dienone is 1. The van der Waals surface area contributed by atoms with Gasteiger partial charge in [0.1, 0.15) is 5.75 Å². The van der Waals surface area contributed by atoms with Crippen molar-refractivity contribution in [3.8, 4) is 16.9 Å². The molecule has 0 aliphatic heterocycles. The third-order valence-corrected chi connectivity index (χ3v) is 7.31. The van der Waals surface area contributed by atoms with Gasteiger partial charge in [-0.1, -0.05) is 99.3 Å². The molecule has 0 amide bonds. The highest BCUT2D eigenvalue weighted by molar-refractivity contribution is 6.07. The molecule has 0 aliphatic rings. The van der Waals surface area contributed by atoms with Gasteiger partial charge in [-0.05, 0) is 77.9 Å². The SMILES string of the molecule is CCCc1ccc(-c2ccc(C(=O)/C=C/c3ccc(OCCCCCCCOC(=O)c4cc(N)cc(N)c4)cc3)cc2)cc1. The van der Waals surface area contributed by atoms with E-state index in [9.17, 15) is 9.59 Å². The van der Waals surface area contributed by atoms with Crippen molar-refractivity contribution in [2.75, 3.05) is 24.7 Å². The van der Waals surface area contributed by atoms with E-state index >= 15 is 0 Å². The lowest BCUT2D eigenvalue weighted by atomic mass is 10.00. The van der Waals surface area contributed by atoms with Crippen molar-refractivity contribution in [3.05, 3.63) is 119 Å². The molecular weight excluding hydrogens is 548 g/mol. The van der Waals surface area contributed by atoms with Gasteiger partial charge in [0.25, 0.3) is 0 Å². The number of carbonyl (C=O) groups is 2. The lowest BCUT2D eigenvalue weighted by Gasteiger charge is -2.08. The molecule has 228 valence electrons. The van der Waals surface area contributed by atoms with E-state index in [4.69, 9.17) is 20.9 Å². The molecule has 0 unspecified atom stereocenters. The normalized spacial score (nSPS) is 11.0. The van der Waals surface area contributed by atoms with Gasteiger partial charge in [0.05, 0.1) is 18.8 Å². The number of ketones is 1. The third kappa shape index (κ3) is 10.2. The standard InChI is InChI=1S/C38H42N2O4/c1-2-8-28-9-14-30(15-10-28)31-16-18-32(19-17-31)37(41)22-13-29-11-20-36(21-12-29)43-23-6-4-3-5-7-24-44-38(42)33-25-34(39)27-35(40)26-33/h9-22,25-27H,2-8,23-24,39-40H2,1H3/b22-13+. The highest BCUT2D eigenvalue weighted by atomic mass is 16.5. The van der Waals surface area contributed by atoms with E-state index in [2.05, 4.69) is 31.2 Å². The van der Waals surface area contributed by atoms with E-state index in [0.29, 0.717) is 35.7 Å². The molecule has 4 aromatic carbocycles. The molecule has 0 aromatic heterocycles. The van der Waals surface area contributed by atoms with Gasteiger partial charge < -0.3 is 20.9 Å². The molecular formula is C38H42N2O4. The number of unbranched alkanes of at least 4 members (excludes halogenated alkanes) is 4. The summed E-state index contributed by atoms with van der Waals surface area (Å²) in [6.07, 6.45) is 10.5. The predicted molar refractivity (Wildman–Crippen MR) is 180 cm³/mol. The maximum Gasteiger partial charge on any atom is 0.338 e. The number of anilines is 2. The number of ether oxygens (including phenoxy) is 2. The zero-order valence-electron chi connectivity index (χ0n) is 25.5. The summed E-state index contributed by atoms with van der Waals surface area (Å²) < 4.78 is 11.2. The minimum atomic E-state index is -0.403. The first-order valence-corrected chi connectivity index (χ1v) is 15.4. The molecule has 0 bridgehead atoms. The van der Waals surface area contributed by atoms with E-state index in [1.807, 2.05) is 54.6 Å². The largest absolute Gasteiger partial charge is 0.494 e. The van der Waals surface area contributed by atoms with Crippen molar-refractivity contribution in [1.82, 2.24) is 0 Å². The Bertz CT molecular complexity index is 1500. The number of benzene rings is 4. The van der Waals surface area contributed by atoms with Crippen LogP contribution < -0.4 is 16.2 Å². The molecule has 0 saturated heterocycles. The van der Waals surface area contributed by atoms with Crippen molar-refractivity contribution in [2.45, 2.75) is 51.9 Å². The van der Waals surface area contributed by atoms with E-state index in [-0.39, 0.29) is 5.78 Å². The first-order valence-electron chi connectivity index (χ1n) is 15.4. The van der Waals surface area contributed by atoms with Crippen LogP contribution in [0.5, 0.6) is 5.75 Å². The number of aryl methyl sites for hydroxylation is 1. The van der Waals surface area contributed by atoms with Crippen LogP contribution in [0.4, 0.5) is 11.4 Å². The van der Waals surface area contributed by atoms with Gasteiger partial charge in [0, 0.05) is 16.9 Å². The van der Waals surface area contributed by atoms with Crippen LogP contribution in [-0.4, -0.2) is 25.0 Å². The van der Waals surface area contributed by atoms with Gasteiger partial charge in [-0.25, -0.2) is 4.79 Å². The smallest absolute Gasteiger partial charge is 0.338 e. The van der Waals surface area contributed by atoms with Crippen LogP contribution in [0.1, 0.15) is 77.3 Å². The Balaban J connectivity index is 1.10. The molecule has 0 saturated carbocycles. The monoisotopic (exact) mass is 590 g/mol. The zero-order valence-corrected chi connectivity index (χ0v) is 25.5. The minimum absolute atomic E-state index is 0.0279. The fourth-order valence-electron chi connectivity index (χ4n) is 4.89. The molecule has 0 aliphatic carbocycles. The Morgan fingerprint density at radius 3 is 1.91 bits per heavy atom. The second-order valence-electron chi connectivity index (χ2n) is 10.9. The second-order valence-corrected chi connectivity index (χ2v) is 10.9. The summed E-state index contributed by atoms with van der Waals surface area (Å²) in [5, 5.41) is 0. The van der Waals surface area contributed by atoms with Gasteiger partial charge in [0.2, 0.25) is 0 Å². The van der Waals surface area contributed by atoms with Crippen LogP contribution >= 0.6 is 0 Å². The molecule has 0 radical (unpaired) electrons. The van der Waals surface area contributed by atoms with Crippen LogP contribution in [-0.2, 0) is 11.2 Å². The van der Waals surface area contributed by atoms with Crippen molar-refractivity contribution in [1.29, 1.82) is 0 Å². The Labute approximate surface area is 260 Å². The van der Waals surface area contributed by atoms with Crippen molar-refractivity contribution in [2.24, 2.45) is 0 Å².